The molecule has 1 heterocycles. The van der Waals surface area contributed by atoms with Gasteiger partial charge in [0.15, 0.2) is 0 Å². The van der Waals surface area contributed by atoms with E-state index >= 15 is 0 Å². The first-order valence-corrected chi connectivity index (χ1v) is 4.58. The first-order chi connectivity index (χ1) is 3.80. The van der Waals surface area contributed by atoms with Crippen LogP contribution < -0.4 is 0 Å². The van der Waals surface area contributed by atoms with E-state index in [0.717, 1.165) is 13.2 Å². The number of halogens is 1. The van der Waals surface area contributed by atoms with Gasteiger partial charge in [-0.3, -0.25) is 0 Å². The SMILES string of the molecule is Br.C[CH]([Zn])C1OCCO1. The Bertz CT molecular complexity index is 73.4. The van der Waals surface area contributed by atoms with Gasteiger partial charge in [0.1, 0.15) is 0 Å². The van der Waals surface area contributed by atoms with Gasteiger partial charge in [-0.15, -0.1) is 17.0 Å². The molecule has 0 aliphatic carbocycles. The molecule has 1 rings (SSSR count). The van der Waals surface area contributed by atoms with E-state index < -0.39 is 0 Å². The first-order valence-electron chi connectivity index (χ1n) is 2.87. The Labute approximate surface area is 75.7 Å². The average molecular weight is 247 g/mol. The topological polar surface area (TPSA) is 18.5 Å². The summed E-state index contributed by atoms with van der Waals surface area (Å²) in [7, 11) is 0. The molecular weight excluding hydrogens is 237 g/mol. The molecular formula is C5H10BrO2Zn. The summed E-state index contributed by atoms with van der Waals surface area (Å²) in [6.07, 6.45) is 0.120. The zero-order valence-electron chi connectivity index (χ0n) is 5.50. The molecule has 0 amide bonds. The molecule has 0 aromatic heterocycles. The zero-order chi connectivity index (χ0) is 5.98. The monoisotopic (exact) mass is 245 g/mol. The molecule has 0 spiro atoms. The first kappa shape index (κ1) is 10.0. The predicted octanol–water partition coefficient (Wildman–Crippen LogP) is 1.29. The zero-order valence-corrected chi connectivity index (χ0v) is 10.2. The van der Waals surface area contributed by atoms with Crippen molar-refractivity contribution in [2.75, 3.05) is 13.2 Å². The molecule has 0 bridgehead atoms. The fourth-order valence-corrected chi connectivity index (χ4v) is 1.28. The van der Waals surface area contributed by atoms with E-state index in [4.69, 9.17) is 9.47 Å². The van der Waals surface area contributed by atoms with E-state index in [1.807, 2.05) is 0 Å². The molecule has 1 atom stereocenters. The molecule has 0 aromatic carbocycles. The molecule has 1 aliphatic rings. The number of ether oxygens (including phenoxy) is 2. The van der Waals surface area contributed by atoms with Crippen LogP contribution in [0.25, 0.3) is 0 Å². The standard InChI is InChI=1S/C5H9O2.BrH.Zn/c1-2-5-6-3-4-7-5;;/h2,5H,3-4H2,1H3;1H;. The second kappa shape index (κ2) is 4.78. The summed E-state index contributed by atoms with van der Waals surface area (Å²) in [5.74, 6) is 0. The van der Waals surface area contributed by atoms with Gasteiger partial charge in [0, 0.05) is 0 Å². The van der Waals surface area contributed by atoms with Crippen LogP contribution in [0, 0.1) is 0 Å². The van der Waals surface area contributed by atoms with Gasteiger partial charge in [0.25, 0.3) is 0 Å². The Kier molecular flexibility index (Phi) is 5.32. The Morgan fingerprint density at radius 2 is 1.89 bits per heavy atom. The summed E-state index contributed by atoms with van der Waals surface area (Å²) < 4.78 is 11.1. The summed E-state index contributed by atoms with van der Waals surface area (Å²) in [4.78, 5) is 0. The van der Waals surface area contributed by atoms with E-state index in [0.29, 0.717) is 4.51 Å². The third-order valence-electron chi connectivity index (χ3n) is 1.11. The molecule has 0 aromatic rings. The molecule has 0 saturated carbocycles. The predicted molar refractivity (Wildman–Crippen MR) is 35.4 cm³/mol. The fourth-order valence-electron chi connectivity index (χ4n) is 0.705. The number of rotatable bonds is 1. The van der Waals surface area contributed by atoms with Crippen molar-refractivity contribution in [3.63, 3.8) is 0 Å². The van der Waals surface area contributed by atoms with Crippen LogP contribution in [-0.4, -0.2) is 19.5 Å². The quantitative estimate of drug-likeness (QED) is 0.650. The van der Waals surface area contributed by atoms with Gasteiger partial charge in [0.2, 0.25) is 0 Å². The molecule has 0 radical (unpaired) electrons. The maximum atomic E-state index is 5.22. The van der Waals surface area contributed by atoms with Crippen LogP contribution in [-0.2, 0) is 27.8 Å². The minimum atomic E-state index is 0. The summed E-state index contributed by atoms with van der Waals surface area (Å²) in [6.45, 7) is 3.72. The third kappa shape index (κ3) is 3.08. The molecule has 9 heavy (non-hydrogen) atoms. The molecule has 1 saturated heterocycles. The van der Waals surface area contributed by atoms with Crippen LogP contribution in [0.1, 0.15) is 6.92 Å². The van der Waals surface area contributed by atoms with Crippen molar-refractivity contribution >= 4 is 17.0 Å². The van der Waals surface area contributed by atoms with Gasteiger partial charge < -0.3 is 0 Å². The molecule has 4 heteroatoms. The normalized spacial score (nSPS) is 23.4. The van der Waals surface area contributed by atoms with E-state index in [1.54, 1.807) is 0 Å². The fraction of sp³-hybridized carbons (Fsp3) is 1.00. The van der Waals surface area contributed by atoms with Gasteiger partial charge >= 0.3 is 58.7 Å². The number of hydrogen-bond donors (Lipinski definition) is 0. The molecule has 1 unspecified atom stereocenters. The summed E-state index contributed by atoms with van der Waals surface area (Å²) in [6, 6.07) is 0. The van der Waals surface area contributed by atoms with Crippen LogP contribution >= 0.6 is 17.0 Å². The Balaban J connectivity index is 0.000000640. The Morgan fingerprint density at radius 3 is 2.11 bits per heavy atom. The van der Waals surface area contributed by atoms with Crippen LogP contribution in [0.4, 0.5) is 0 Å². The summed E-state index contributed by atoms with van der Waals surface area (Å²) in [5.41, 5.74) is 0. The van der Waals surface area contributed by atoms with Crippen molar-refractivity contribution in [3.05, 3.63) is 0 Å². The molecule has 1 aliphatic heterocycles. The van der Waals surface area contributed by atoms with Gasteiger partial charge in [-0.1, -0.05) is 0 Å². The van der Waals surface area contributed by atoms with Gasteiger partial charge in [-0.2, -0.15) is 0 Å². The second-order valence-electron chi connectivity index (χ2n) is 2.09. The third-order valence-corrected chi connectivity index (χ3v) is 1.92. The van der Waals surface area contributed by atoms with E-state index in [2.05, 4.69) is 6.92 Å². The van der Waals surface area contributed by atoms with Gasteiger partial charge in [-0.05, 0) is 0 Å². The Morgan fingerprint density at radius 1 is 1.44 bits per heavy atom. The van der Waals surface area contributed by atoms with E-state index in [-0.39, 0.29) is 23.3 Å². The van der Waals surface area contributed by atoms with Gasteiger partial charge in [0.05, 0.1) is 0 Å². The summed E-state index contributed by atoms with van der Waals surface area (Å²) in [5, 5.41) is 0. The van der Waals surface area contributed by atoms with Crippen molar-refractivity contribution in [2.24, 2.45) is 0 Å². The van der Waals surface area contributed by atoms with Crippen LogP contribution in [0.5, 0.6) is 0 Å². The van der Waals surface area contributed by atoms with E-state index in [9.17, 15) is 0 Å². The minimum absolute atomic E-state index is 0. The molecule has 51 valence electrons. The summed E-state index contributed by atoms with van der Waals surface area (Å²) >= 11 is 1.25. The maximum absolute atomic E-state index is 5.22. The van der Waals surface area contributed by atoms with Crippen LogP contribution in [0.15, 0.2) is 0 Å². The van der Waals surface area contributed by atoms with Crippen molar-refractivity contribution in [1.82, 2.24) is 0 Å². The number of hydrogen-bond acceptors (Lipinski definition) is 2. The van der Waals surface area contributed by atoms with Crippen molar-refractivity contribution in [2.45, 2.75) is 17.7 Å². The van der Waals surface area contributed by atoms with Crippen molar-refractivity contribution < 1.29 is 27.8 Å². The molecule has 1 fully saturated rings. The van der Waals surface area contributed by atoms with Crippen molar-refractivity contribution in [1.29, 1.82) is 0 Å². The second-order valence-corrected chi connectivity index (χ2v) is 4.79. The van der Waals surface area contributed by atoms with E-state index in [1.165, 1.54) is 18.3 Å². The van der Waals surface area contributed by atoms with Crippen molar-refractivity contribution in [3.8, 4) is 0 Å². The molecule has 0 N–H and O–H groups in total. The van der Waals surface area contributed by atoms with Gasteiger partial charge in [-0.25, -0.2) is 0 Å². The average Bonchev–Trinajstić information content (AvgIpc) is 2.12. The van der Waals surface area contributed by atoms with Crippen LogP contribution in [0.2, 0.25) is 4.51 Å². The molecule has 2 nitrogen and oxygen atoms in total. The Hall–Kier alpha value is 1.02. The van der Waals surface area contributed by atoms with Crippen LogP contribution in [0.3, 0.4) is 0 Å².